The molecule has 0 radical (unpaired) electrons. The summed E-state index contributed by atoms with van der Waals surface area (Å²) < 4.78 is 24.0. The predicted molar refractivity (Wildman–Crippen MR) is 77.9 cm³/mol. The van der Waals surface area contributed by atoms with E-state index in [9.17, 15) is 13.2 Å². The molecule has 1 fully saturated rings. The Balaban J connectivity index is 2.34. The summed E-state index contributed by atoms with van der Waals surface area (Å²) >= 11 is 0. The van der Waals surface area contributed by atoms with E-state index < -0.39 is 10.2 Å². The molecule has 0 aromatic carbocycles. The highest BCUT2D eigenvalue weighted by Gasteiger charge is 2.23. The summed E-state index contributed by atoms with van der Waals surface area (Å²) in [6.45, 7) is 3.57. The Morgan fingerprint density at radius 3 is 2.80 bits per heavy atom. The molecule has 20 heavy (non-hydrogen) atoms. The lowest BCUT2D eigenvalue weighted by atomic mass is 9.98. The van der Waals surface area contributed by atoms with Crippen molar-refractivity contribution in [2.75, 3.05) is 19.6 Å². The third-order valence-corrected chi connectivity index (χ3v) is 4.06. The number of carbonyl (C=O) groups excluding carboxylic acids is 1. The first-order valence-electron chi connectivity index (χ1n) is 7.08. The van der Waals surface area contributed by atoms with Gasteiger partial charge in [0, 0.05) is 32.1 Å². The van der Waals surface area contributed by atoms with Gasteiger partial charge in [-0.2, -0.15) is 8.42 Å². The number of nitrogens with zero attached hydrogens (tertiary/aromatic N) is 1. The lowest BCUT2D eigenvalue weighted by Gasteiger charge is -2.32. The van der Waals surface area contributed by atoms with E-state index >= 15 is 0 Å². The average Bonchev–Trinajstić information content (AvgIpc) is 2.35. The molecular formula is C12H26N4O3S. The smallest absolute Gasteiger partial charge is 0.274 e. The van der Waals surface area contributed by atoms with E-state index in [2.05, 4.69) is 4.72 Å². The second-order valence-corrected chi connectivity index (χ2v) is 6.99. The van der Waals surface area contributed by atoms with Crippen LogP contribution >= 0.6 is 0 Å². The largest absolute Gasteiger partial charge is 0.342 e. The van der Waals surface area contributed by atoms with Gasteiger partial charge in [0.15, 0.2) is 0 Å². The maximum Gasteiger partial charge on any atom is 0.274 e. The zero-order valence-electron chi connectivity index (χ0n) is 12.0. The number of rotatable bonds is 7. The second kappa shape index (κ2) is 7.92. The lowest BCUT2D eigenvalue weighted by molar-refractivity contribution is -0.133. The number of nitrogens with two attached hydrogens (primary N) is 2. The van der Waals surface area contributed by atoms with E-state index in [4.69, 9.17) is 10.9 Å². The number of amides is 1. The van der Waals surface area contributed by atoms with E-state index in [1.54, 1.807) is 0 Å². The standard InChI is InChI=1S/C12H26N4O3S/c1-10(13)4-2-6-12(17)16-7-3-5-11(9-16)8-15-20(14,18)19/h10-11,15H,2-9,13H2,1H3,(H2,14,18,19). The van der Waals surface area contributed by atoms with Gasteiger partial charge in [0.2, 0.25) is 5.91 Å². The summed E-state index contributed by atoms with van der Waals surface area (Å²) in [5.74, 6) is 0.269. The zero-order valence-corrected chi connectivity index (χ0v) is 12.9. The van der Waals surface area contributed by atoms with Gasteiger partial charge in [-0.3, -0.25) is 4.79 Å². The van der Waals surface area contributed by atoms with Crippen LogP contribution in [0.15, 0.2) is 0 Å². The van der Waals surface area contributed by atoms with Gasteiger partial charge in [-0.1, -0.05) is 0 Å². The minimum atomic E-state index is -3.65. The first kappa shape index (κ1) is 17.4. The normalized spacial score (nSPS) is 21.8. The molecule has 0 aromatic rings. The number of nitrogens with one attached hydrogen (secondary N) is 1. The summed E-state index contributed by atoms with van der Waals surface area (Å²) in [7, 11) is -3.65. The number of piperidine rings is 1. The van der Waals surface area contributed by atoms with E-state index in [-0.39, 0.29) is 17.9 Å². The van der Waals surface area contributed by atoms with Gasteiger partial charge >= 0.3 is 0 Å². The summed E-state index contributed by atoms with van der Waals surface area (Å²) in [5.41, 5.74) is 5.66. The Labute approximate surface area is 121 Å². The Bertz CT molecular complexity index is 411. The van der Waals surface area contributed by atoms with Crippen molar-refractivity contribution in [3.63, 3.8) is 0 Å². The maximum atomic E-state index is 12.0. The van der Waals surface area contributed by atoms with Crippen LogP contribution in [0.2, 0.25) is 0 Å². The molecule has 0 spiro atoms. The van der Waals surface area contributed by atoms with Crippen molar-refractivity contribution >= 4 is 16.1 Å². The Kier molecular flexibility index (Phi) is 6.87. The van der Waals surface area contributed by atoms with E-state index in [0.29, 0.717) is 19.5 Å². The van der Waals surface area contributed by atoms with Crippen LogP contribution < -0.4 is 15.6 Å². The van der Waals surface area contributed by atoms with Crippen LogP contribution in [0.4, 0.5) is 0 Å². The van der Waals surface area contributed by atoms with Crippen LogP contribution in [-0.2, 0) is 15.0 Å². The van der Waals surface area contributed by atoms with Crippen LogP contribution in [0, 0.1) is 5.92 Å². The van der Waals surface area contributed by atoms with Gasteiger partial charge in [0.25, 0.3) is 10.2 Å². The molecule has 0 bridgehead atoms. The highest BCUT2D eigenvalue weighted by Crippen LogP contribution is 2.17. The average molecular weight is 306 g/mol. The van der Waals surface area contributed by atoms with Gasteiger partial charge in [0.05, 0.1) is 0 Å². The second-order valence-electron chi connectivity index (χ2n) is 5.61. The molecular weight excluding hydrogens is 280 g/mol. The van der Waals surface area contributed by atoms with Crippen molar-refractivity contribution in [2.45, 2.75) is 45.1 Å². The fourth-order valence-electron chi connectivity index (χ4n) is 2.43. The molecule has 1 saturated heterocycles. The van der Waals surface area contributed by atoms with Crippen LogP contribution in [0.25, 0.3) is 0 Å². The molecule has 5 N–H and O–H groups in total. The summed E-state index contributed by atoms with van der Waals surface area (Å²) in [5, 5.41) is 4.91. The minimum Gasteiger partial charge on any atom is -0.342 e. The van der Waals surface area contributed by atoms with Gasteiger partial charge < -0.3 is 10.6 Å². The molecule has 1 aliphatic heterocycles. The summed E-state index contributed by atoms with van der Waals surface area (Å²) in [6.07, 6.45) is 3.96. The lowest BCUT2D eigenvalue weighted by Crippen LogP contribution is -2.44. The summed E-state index contributed by atoms with van der Waals surface area (Å²) in [4.78, 5) is 13.9. The molecule has 1 amide bonds. The highest BCUT2D eigenvalue weighted by atomic mass is 32.2. The molecule has 0 aromatic heterocycles. The molecule has 2 atom stereocenters. The first-order valence-corrected chi connectivity index (χ1v) is 8.63. The number of hydrogen-bond acceptors (Lipinski definition) is 4. The van der Waals surface area contributed by atoms with Gasteiger partial charge in [-0.05, 0) is 38.5 Å². The van der Waals surface area contributed by atoms with E-state index in [1.165, 1.54) is 0 Å². The zero-order chi connectivity index (χ0) is 15.2. The van der Waals surface area contributed by atoms with Crippen LogP contribution in [-0.4, -0.2) is 44.9 Å². The van der Waals surface area contributed by atoms with Crippen molar-refractivity contribution in [3.05, 3.63) is 0 Å². The van der Waals surface area contributed by atoms with Crippen molar-refractivity contribution < 1.29 is 13.2 Å². The van der Waals surface area contributed by atoms with Gasteiger partial charge in [-0.25, -0.2) is 9.86 Å². The van der Waals surface area contributed by atoms with Crippen LogP contribution in [0.1, 0.15) is 39.0 Å². The monoisotopic (exact) mass is 306 g/mol. The van der Waals surface area contributed by atoms with Crippen LogP contribution in [0.3, 0.4) is 0 Å². The van der Waals surface area contributed by atoms with Gasteiger partial charge in [0.1, 0.15) is 0 Å². The molecule has 118 valence electrons. The van der Waals surface area contributed by atoms with Gasteiger partial charge in [-0.15, -0.1) is 0 Å². The number of carbonyl (C=O) groups is 1. The van der Waals surface area contributed by atoms with Crippen molar-refractivity contribution in [3.8, 4) is 0 Å². The third kappa shape index (κ3) is 7.18. The Hall–Kier alpha value is -0.700. The molecule has 0 saturated carbocycles. The SMILES string of the molecule is CC(N)CCCC(=O)N1CCCC(CNS(N)(=O)=O)C1. The van der Waals surface area contributed by atoms with Crippen molar-refractivity contribution in [2.24, 2.45) is 16.8 Å². The molecule has 7 nitrogen and oxygen atoms in total. The first-order chi connectivity index (χ1) is 9.28. The molecule has 1 aliphatic rings. The van der Waals surface area contributed by atoms with Crippen LogP contribution in [0.5, 0.6) is 0 Å². The highest BCUT2D eigenvalue weighted by molar-refractivity contribution is 7.87. The fraction of sp³-hybridized carbons (Fsp3) is 0.917. The Morgan fingerprint density at radius 1 is 1.50 bits per heavy atom. The third-order valence-electron chi connectivity index (χ3n) is 3.49. The molecule has 1 rings (SSSR count). The molecule has 1 heterocycles. The topological polar surface area (TPSA) is 119 Å². The molecule has 8 heteroatoms. The minimum absolute atomic E-state index is 0.121. The number of likely N-dealkylation sites (tertiary alicyclic amines) is 1. The van der Waals surface area contributed by atoms with E-state index in [1.807, 2.05) is 11.8 Å². The quantitative estimate of drug-likeness (QED) is 0.589. The van der Waals surface area contributed by atoms with E-state index in [0.717, 1.165) is 32.2 Å². The predicted octanol–water partition coefficient (Wildman–Crippen LogP) is -0.464. The van der Waals surface area contributed by atoms with Crippen molar-refractivity contribution in [1.29, 1.82) is 0 Å². The molecule has 0 aliphatic carbocycles. The maximum absolute atomic E-state index is 12.0. The molecule has 2 unspecified atom stereocenters. The Morgan fingerprint density at radius 2 is 2.20 bits per heavy atom. The fourth-order valence-corrected chi connectivity index (χ4v) is 2.89. The summed E-state index contributed by atoms with van der Waals surface area (Å²) in [6, 6.07) is 0.121. The number of hydrogen-bond donors (Lipinski definition) is 3. The van der Waals surface area contributed by atoms with Crippen molar-refractivity contribution in [1.82, 2.24) is 9.62 Å².